The summed E-state index contributed by atoms with van der Waals surface area (Å²) in [6.07, 6.45) is 3.66. The van der Waals surface area contributed by atoms with Crippen molar-refractivity contribution in [1.82, 2.24) is 20.1 Å². The van der Waals surface area contributed by atoms with Crippen LogP contribution in [0.1, 0.15) is 54.0 Å². The van der Waals surface area contributed by atoms with Crippen molar-refractivity contribution in [2.75, 3.05) is 14.1 Å². The van der Waals surface area contributed by atoms with Crippen molar-refractivity contribution in [2.45, 2.75) is 72.0 Å². The van der Waals surface area contributed by atoms with Gasteiger partial charge in [-0.1, -0.05) is 65.8 Å². The molecule has 37 heavy (non-hydrogen) atoms. The topological polar surface area (TPSA) is 104 Å². The molecule has 0 aliphatic heterocycles. The minimum Gasteiger partial charge on any atom is -0.478 e. The zero-order chi connectivity index (χ0) is 28.2. The number of carbonyl (C=O) groups excluding carboxylic acids is 2. The molecule has 0 saturated heterocycles. The molecule has 1 heterocycles. The number of aliphatic carboxylic acids is 1. The van der Waals surface area contributed by atoms with Crippen LogP contribution in [-0.2, 0) is 26.8 Å². The van der Waals surface area contributed by atoms with Crippen molar-refractivity contribution in [3.05, 3.63) is 47.7 Å². The van der Waals surface area contributed by atoms with Crippen LogP contribution in [0.3, 0.4) is 0 Å². The number of hydrogen-bond acceptors (Lipinski definition) is 4. The summed E-state index contributed by atoms with van der Waals surface area (Å²) in [4.78, 5) is 40.3. The SMILES string of the molecule is CNC(C(=O)NC(C(=O)N(C)C(C=C(C)C(=O)O)C(C)C)C(C)C)C(C)(C)c1cn(C)c2ccccc12. The Hall–Kier alpha value is -3.13. The molecule has 2 rings (SSSR count). The van der Waals surface area contributed by atoms with E-state index in [4.69, 9.17) is 0 Å². The summed E-state index contributed by atoms with van der Waals surface area (Å²) in [5.74, 6) is -1.72. The predicted molar refractivity (Wildman–Crippen MR) is 148 cm³/mol. The Morgan fingerprint density at radius 3 is 2.19 bits per heavy atom. The first-order valence-electron chi connectivity index (χ1n) is 12.9. The molecule has 3 N–H and O–H groups in total. The highest BCUT2D eigenvalue weighted by Crippen LogP contribution is 2.34. The average Bonchev–Trinajstić information content (AvgIpc) is 3.17. The lowest BCUT2D eigenvalue weighted by Gasteiger charge is -2.37. The second-order valence-corrected chi connectivity index (χ2v) is 11.2. The fourth-order valence-electron chi connectivity index (χ4n) is 5.03. The third-order valence-corrected chi connectivity index (χ3v) is 7.33. The van der Waals surface area contributed by atoms with E-state index >= 15 is 0 Å². The number of aryl methyl sites for hydroxylation is 1. The summed E-state index contributed by atoms with van der Waals surface area (Å²) in [7, 11) is 5.41. The Balaban J connectivity index is 2.37. The van der Waals surface area contributed by atoms with E-state index in [0.29, 0.717) is 0 Å². The van der Waals surface area contributed by atoms with Crippen molar-refractivity contribution in [2.24, 2.45) is 18.9 Å². The number of amides is 2. The van der Waals surface area contributed by atoms with E-state index in [1.54, 1.807) is 25.1 Å². The first kappa shape index (κ1) is 30.1. The standard InChI is InChI=1S/C29H44N4O4/c1-17(2)23(15-19(5)28(36)37)33(10)27(35)24(18(3)4)31-26(34)25(30-8)29(6,7)21-16-32(9)22-14-12-11-13-20(21)22/h11-18,23-25,30H,1-10H3,(H,31,34)(H,36,37). The largest absolute Gasteiger partial charge is 0.478 e. The van der Waals surface area contributed by atoms with E-state index < -0.39 is 29.5 Å². The van der Waals surface area contributed by atoms with Gasteiger partial charge in [0, 0.05) is 42.2 Å². The molecule has 8 heteroatoms. The second kappa shape index (κ2) is 11.9. The normalized spacial score (nSPS) is 15.1. The molecular formula is C29H44N4O4. The third-order valence-electron chi connectivity index (χ3n) is 7.33. The molecule has 8 nitrogen and oxygen atoms in total. The van der Waals surface area contributed by atoms with Gasteiger partial charge in [-0.05, 0) is 37.4 Å². The van der Waals surface area contributed by atoms with Crippen LogP contribution in [0.25, 0.3) is 10.9 Å². The maximum absolute atomic E-state index is 13.7. The molecule has 0 aliphatic carbocycles. The van der Waals surface area contributed by atoms with Gasteiger partial charge in [0.15, 0.2) is 0 Å². The zero-order valence-corrected chi connectivity index (χ0v) is 23.9. The first-order chi connectivity index (χ1) is 17.1. The number of hydrogen-bond donors (Lipinski definition) is 3. The molecular weight excluding hydrogens is 468 g/mol. The minimum atomic E-state index is -1.02. The van der Waals surface area contributed by atoms with Gasteiger partial charge < -0.3 is 25.2 Å². The van der Waals surface area contributed by atoms with Crippen LogP contribution in [-0.4, -0.2) is 64.6 Å². The number of fused-ring (bicyclic) bond motifs is 1. The van der Waals surface area contributed by atoms with Gasteiger partial charge in [0.25, 0.3) is 0 Å². The molecule has 0 aliphatic rings. The van der Waals surface area contributed by atoms with Crippen LogP contribution in [0.15, 0.2) is 42.1 Å². The monoisotopic (exact) mass is 512 g/mol. The average molecular weight is 513 g/mol. The minimum absolute atomic E-state index is 0.0119. The molecule has 1 aromatic carbocycles. The summed E-state index contributed by atoms with van der Waals surface area (Å²) in [5.41, 5.74) is 1.72. The first-order valence-corrected chi connectivity index (χ1v) is 12.9. The number of aromatic nitrogens is 1. The van der Waals surface area contributed by atoms with Crippen molar-refractivity contribution in [3.8, 4) is 0 Å². The van der Waals surface area contributed by atoms with Gasteiger partial charge in [-0.2, -0.15) is 0 Å². The Bertz CT molecular complexity index is 1160. The highest BCUT2D eigenvalue weighted by molar-refractivity contribution is 5.93. The van der Waals surface area contributed by atoms with E-state index in [1.165, 1.54) is 6.92 Å². The van der Waals surface area contributed by atoms with Crippen molar-refractivity contribution in [3.63, 3.8) is 0 Å². The summed E-state index contributed by atoms with van der Waals surface area (Å²) in [5, 5.41) is 16.6. The second-order valence-electron chi connectivity index (χ2n) is 11.2. The Morgan fingerprint density at radius 1 is 1.08 bits per heavy atom. The summed E-state index contributed by atoms with van der Waals surface area (Å²) >= 11 is 0. The van der Waals surface area contributed by atoms with E-state index in [0.717, 1.165) is 16.5 Å². The van der Waals surface area contributed by atoms with Gasteiger partial charge in [-0.15, -0.1) is 0 Å². The van der Waals surface area contributed by atoms with Gasteiger partial charge in [0.05, 0.1) is 12.1 Å². The van der Waals surface area contributed by atoms with Crippen molar-refractivity contribution >= 4 is 28.7 Å². The number of likely N-dealkylation sites (N-methyl/N-ethyl adjacent to an activating group) is 2. The summed E-state index contributed by atoms with van der Waals surface area (Å²) in [6, 6.07) is 6.31. The lowest BCUT2D eigenvalue weighted by molar-refractivity contribution is -0.139. The van der Waals surface area contributed by atoms with Gasteiger partial charge in [-0.25, -0.2) is 4.79 Å². The van der Waals surface area contributed by atoms with Crippen LogP contribution in [0.4, 0.5) is 0 Å². The molecule has 3 atom stereocenters. The number of benzene rings is 1. The van der Waals surface area contributed by atoms with Crippen LogP contribution >= 0.6 is 0 Å². The Morgan fingerprint density at radius 2 is 1.68 bits per heavy atom. The lowest BCUT2D eigenvalue weighted by atomic mass is 9.77. The van der Waals surface area contributed by atoms with E-state index in [-0.39, 0.29) is 29.2 Å². The van der Waals surface area contributed by atoms with Crippen LogP contribution in [0, 0.1) is 11.8 Å². The van der Waals surface area contributed by atoms with E-state index in [2.05, 4.69) is 33.5 Å². The smallest absolute Gasteiger partial charge is 0.331 e. The highest BCUT2D eigenvalue weighted by Gasteiger charge is 2.40. The number of rotatable bonds is 11. The van der Waals surface area contributed by atoms with Crippen LogP contribution in [0.5, 0.6) is 0 Å². The fraction of sp³-hybridized carbons (Fsp3) is 0.552. The number of nitrogens with zero attached hydrogens (tertiary/aromatic N) is 2. The molecule has 204 valence electrons. The van der Waals surface area contributed by atoms with Crippen molar-refractivity contribution in [1.29, 1.82) is 0 Å². The molecule has 0 spiro atoms. The maximum Gasteiger partial charge on any atom is 0.331 e. The number of carbonyl (C=O) groups is 3. The van der Waals surface area contributed by atoms with E-state index in [1.807, 2.05) is 60.7 Å². The zero-order valence-electron chi connectivity index (χ0n) is 23.9. The Kier molecular flexibility index (Phi) is 9.72. The van der Waals surface area contributed by atoms with Crippen LogP contribution in [0.2, 0.25) is 0 Å². The molecule has 0 fully saturated rings. The Labute approximate surface area is 221 Å². The fourth-order valence-corrected chi connectivity index (χ4v) is 5.03. The van der Waals surface area contributed by atoms with Gasteiger partial charge >= 0.3 is 5.97 Å². The number of carboxylic acid groups (broad SMARTS) is 1. The molecule has 1 aromatic heterocycles. The molecule has 2 amide bonds. The number of carboxylic acids is 1. The maximum atomic E-state index is 13.7. The van der Waals surface area contributed by atoms with Gasteiger partial charge in [0.2, 0.25) is 11.8 Å². The third kappa shape index (κ3) is 6.42. The molecule has 0 radical (unpaired) electrons. The van der Waals surface area contributed by atoms with E-state index in [9.17, 15) is 19.5 Å². The summed E-state index contributed by atoms with van der Waals surface area (Å²) < 4.78 is 2.06. The summed E-state index contributed by atoms with van der Waals surface area (Å²) in [6.45, 7) is 13.2. The van der Waals surface area contributed by atoms with Gasteiger partial charge in [0.1, 0.15) is 6.04 Å². The number of nitrogens with one attached hydrogen (secondary N) is 2. The van der Waals surface area contributed by atoms with Gasteiger partial charge in [-0.3, -0.25) is 9.59 Å². The molecule has 3 unspecified atom stereocenters. The number of para-hydroxylation sites is 1. The van der Waals surface area contributed by atoms with Crippen LogP contribution < -0.4 is 10.6 Å². The highest BCUT2D eigenvalue weighted by atomic mass is 16.4. The molecule has 2 aromatic rings. The quantitative estimate of drug-likeness (QED) is 0.399. The molecule has 0 bridgehead atoms. The predicted octanol–water partition coefficient (Wildman–Crippen LogP) is 3.70. The molecule has 0 saturated carbocycles. The van der Waals surface area contributed by atoms with Crippen molar-refractivity contribution < 1.29 is 19.5 Å². The lowest BCUT2D eigenvalue weighted by Crippen LogP contribution is -2.59.